The third kappa shape index (κ3) is 3.19. The summed E-state index contributed by atoms with van der Waals surface area (Å²) in [5.74, 6) is -0.167. The molecule has 0 fully saturated rings. The number of carbonyl (C=O) groups is 1. The molecule has 0 saturated carbocycles. The Morgan fingerprint density at radius 1 is 1.42 bits per heavy atom. The van der Waals surface area contributed by atoms with E-state index in [-0.39, 0.29) is 5.91 Å². The average molecular weight is 294 g/mol. The van der Waals surface area contributed by atoms with Crippen LogP contribution < -0.4 is 11.1 Å². The van der Waals surface area contributed by atoms with Crippen molar-refractivity contribution in [2.75, 3.05) is 12.8 Å². The lowest BCUT2D eigenvalue weighted by Crippen LogP contribution is -2.17. The van der Waals surface area contributed by atoms with E-state index in [1.165, 1.54) is 11.8 Å². The molecule has 1 heterocycles. The van der Waals surface area contributed by atoms with Gasteiger partial charge in [0.15, 0.2) is 0 Å². The summed E-state index contributed by atoms with van der Waals surface area (Å²) in [6.07, 6.45) is 1.67. The van der Waals surface area contributed by atoms with E-state index in [0.717, 1.165) is 4.90 Å². The fourth-order valence-corrected chi connectivity index (χ4v) is 2.51. The van der Waals surface area contributed by atoms with Crippen molar-refractivity contribution in [1.29, 1.82) is 0 Å². The number of rotatable bonds is 3. The first-order valence-electron chi connectivity index (χ1n) is 5.52. The second-order valence-corrected chi connectivity index (χ2v) is 5.16. The molecule has 2 aromatic rings. The van der Waals surface area contributed by atoms with Gasteiger partial charge in [-0.3, -0.25) is 4.79 Å². The number of hydrogen-bond acceptors (Lipinski definition) is 4. The van der Waals surface area contributed by atoms with Crippen molar-refractivity contribution in [3.8, 4) is 0 Å². The van der Waals surface area contributed by atoms with Gasteiger partial charge in [-0.15, -0.1) is 0 Å². The molecule has 0 aliphatic rings. The lowest BCUT2D eigenvalue weighted by Gasteiger charge is -2.07. The minimum absolute atomic E-state index is 0.167. The minimum Gasteiger partial charge on any atom is -0.398 e. The van der Waals surface area contributed by atoms with Gasteiger partial charge in [-0.1, -0.05) is 23.4 Å². The zero-order valence-electron chi connectivity index (χ0n) is 10.2. The number of amides is 1. The van der Waals surface area contributed by atoms with Crippen molar-refractivity contribution in [2.24, 2.45) is 0 Å². The van der Waals surface area contributed by atoms with Crippen molar-refractivity contribution in [3.63, 3.8) is 0 Å². The van der Waals surface area contributed by atoms with E-state index < -0.39 is 0 Å². The van der Waals surface area contributed by atoms with Crippen LogP contribution in [0.3, 0.4) is 0 Å². The van der Waals surface area contributed by atoms with Crippen molar-refractivity contribution in [3.05, 3.63) is 47.1 Å². The first-order valence-corrected chi connectivity index (χ1v) is 6.71. The molecule has 0 saturated heterocycles. The third-order valence-electron chi connectivity index (χ3n) is 2.43. The minimum atomic E-state index is -0.167. The van der Waals surface area contributed by atoms with Crippen LogP contribution >= 0.6 is 23.4 Å². The quantitative estimate of drug-likeness (QED) is 0.854. The Kier molecular flexibility index (Phi) is 4.29. The molecular weight excluding hydrogens is 282 g/mol. The SMILES string of the molecule is CNC(=O)c1ccc(Sc2ncccc2Cl)c(N)c1. The van der Waals surface area contributed by atoms with Gasteiger partial charge in [0.05, 0.1) is 5.02 Å². The summed E-state index contributed by atoms with van der Waals surface area (Å²) in [5, 5.41) is 3.81. The molecule has 0 unspecified atom stereocenters. The average Bonchev–Trinajstić information content (AvgIpc) is 2.42. The number of nitrogens with two attached hydrogens (primary N) is 1. The van der Waals surface area contributed by atoms with E-state index in [0.29, 0.717) is 21.3 Å². The van der Waals surface area contributed by atoms with Crippen LogP contribution in [-0.4, -0.2) is 17.9 Å². The fraction of sp³-hybridized carbons (Fsp3) is 0.0769. The molecule has 0 aliphatic carbocycles. The van der Waals surface area contributed by atoms with E-state index in [1.54, 1.807) is 43.6 Å². The summed E-state index contributed by atoms with van der Waals surface area (Å²) in [6.45, 7) is 0. The number of nitrogens with one attached hydrogen (secondary N) is 1. The molecule has 0 radical (unpaired) electrons. The monoisotopic (exact) mass is 293 g/mol. The van der Waals surface area contributed by atoms with Crippen LogP contribution in [0.4, 0.5) is 5.69 Å². The summed E-state index contributed by atoms with van der Waals surface area (Å²) >= 11 is 7.41. The van der Waals surface area contributed by atoms with Crippen LogP contribution in [0, 0.1) is 0 Å². The molecule has 4 nitrogen and oxygen atoms in total. The molecule has 3 N–H and O–H groups in total. The molecule has 2 rings (SSSR count). The Bertz CT molecular complexity index is 619. The van der Waals surface area contributed by atoms with Crippen molar-refractivity contribution < 1.29 is 4.79 Å². The molecule has 1 aromatic heterocycles. The second-order valence-electron chi connectivity index (χ2n) is 3.72. The molecule has 6 heteroatoms. The standard InChI is InChI=1S/C13H12ClN3OS/c1-16-12(18)8-4-5-11(10(15)7-8)19-13-9(14)3-2-6-17-13/h2-7H,15H2,1H3,(H,16,18). The molecule has 1 aromatic carbocycles. The Morgan fingerprint density at radius 2 is 2.21 bits per heavy atom. The number of hydrogen-bond donors (Lipinski definition) is 2. The summed E-state index contributed by atoms with van der Waals surface area (Å²) in [6, 6.07) is 8.68. The normalized spacial score (nSPS) is 10.2. The highest BCUT2D eigenvalue weighted by molar-refractivity contribution is 7.99. The molecular formula is C13H12ClN3OS. The second kappa shape index (κ2) is 5.95. The summed E-state index contributed by atoms with van der Waals surface area (Å²) in [7, 11) is 1.58. The number of halogens is 1. The van der Waals surface area contributed by atoms with Crippen LogP contribution in [0.2, 0.25) is 5.02 Å². The van der Waals surface area contributed by atoms with Gasteiger partial charge in [-0.2, -0.15) is 0 Å². The van der Waals surface area contributed by atoms with Crippen molar-refractivity contribution in [2.45, 2.75) is 9.92 Å². The Morgan fingerprint density at radius 3 is 2.84 bits per heavy atom. The van der Waals surface area contributed by atoms with Gasteiger partial charge >= 0.3 is 0 Å². The van der Waals surface area contributed by atoms with Crippen LogP contribution in [0.15, 0.2) is 46.5 Å². The number of aromatic nitrogens is 1. The predicted molar refractivity (Wildman–Crippen MR) is 77.6 cm³/mol. The van der Waals surface area contributed by atoms with E-state index >= 15 is 0 Å². The van der Waals surface area contributed by atoms with Crippen molar-refractivity contribution >= 4 is 35.0 Å². The summed E-state index contributed by atoms with van der Waals surface area (Å²) in [5.41, 5.74) is 6.99. The van der Waals surface area contributed by atoms with Crippen LogP contribution in [0.25, 0.3) is 0 Å². The van der Waals surface area contributed by atoms with E-state index in [9.17, 15) is 4.79 Å². The zero-order valence-corrected chi connectivity index (χ0v) is 11.8. The molecule has 0 aliphatic heterocycles. The lowest BCUT2D eigenvalue weighted by atomic mass is 10.2. The largest absolute Gasteiger partial charge is 0.398 e. The maximum atomic E-state index is 11.5. The molecule has 1 amide bonds. The van der Waals surface area contributed by atoms with Gasteiger partial charge in [0.1, 0.15) is 5.03 Å². The van der Waals surface area contributed by atoms with Crippen LogP contribution in [0.5, 0.6) is 0 Å². The summed E-state index contributed by atoms with van der Waals surface area (Å²) < 4.78 is 0. The molecule has 0 spiro atoms. The van der Waals surface area contributed by atoms with Gasteiger partial charge in [0.25, 0.3) is 5.91 Å². The van der Waals surface area contributed by atoms with Gasteiger partial charge in [0, 0.05) is 29.4 Å². The lowest BCUT2D eigenvalue weighted by molar-refractivity contribution is 0.0963. The Hall–Kier alpha value is -1.72. The maximum absolute atomic E-state index is 11.5. The third-order valence-corrected chi connectivity index (χ3v) is 3.96. The van der Waals surface area contributed by atoms with Gasteiger partial charge < -0.3 is 11.1 Å². The number of carbonyl (C=O) groups excluding carboxylic acids is 1. The summed E-state index contributed by atoms with van der Waals surface area (Å²) in [4.78, 5) is 16.5. The van der Waals surface area contributed by atoms with Gasteiger partial charge in [-0.25, -0.2) is 4.98 Å². The van der Waals surface area contributed by atoms with E-state index in [2.05, 4.69) is 10.3 Å². The van der Waals surface area contributed by atoms with Crippen molar-refractivity contribution in [1.82, 2.24) is 10.3 Å². The molecule has 19 heavy (non-hydrogen) atoms. The Labute approximate surface area is 120 Å². The first-order chi connectivity index (χ1) is 9.11. The highest BCUT2D eigenvalue weighted by atomic mass is 35.5. The predicted octanol–water partition coefficient (Wildman–Crippen LogP) is 2.83. The number of benzene rings is 1. The molecule has 0 bridgehead atoms. The van der Waals surface area contributed by atoms with Crippen LogP contribution in [0.1, 0.15) is 10.4 Å². The number of pyridine rings is 1. The molecule has 98 valence electrons. The van der Waals surface area contributed by atoms with Crippen LogP contribution in [-0.2, 0) is 0 Å². The zero-order chi connectivity index (χ0) is 13.8. The maximum Gasteiger partial charge on any atom is 0.251 e. The number of nitrogens with zero attached hydrogens (tertiary/aromatic N) is 1. The van der Waals surface area contributed by atoms with E-state index in [4.69, 9.17) is 17.3 Å². The van der Waals surface area contributed by atoms with Gasteiger partial charge in [-0.05, 0) is 30.3 Å². The first kappa shape index (κ1) is 13.7. The fourth-order valence-electron chi connectivity index (χ4n) is 1.48. The smallest absolute Gasteiger partial charge is 0.251 e. The molecule has 0 atom stereocenters. The van der Waals surface area contributed by atoms with E-state index in [1.807, 2.05) is 0 Å². The Balaban J connectivity index is 2.27. The number of nitrogen functional groups attached to an aromatic ring is 1. The topological polar surface area (TPSA) is 68.0 Å². The van der Waals surface area contributed by atoms with Gasteiger partial charge in [0.2, 0.25) is 0 Å². The highest BCUT2D eigenvalue weighted by Crippen LogP contribution is 2.34. The number of anilines is 1. The highest BCUT2D eigenvalue weighted by Gasteiger charge is 2.09.